The van der Waals surface area contributed by atoms with E-state index in [0.717, 1.165) is 17.1 Å². The van der Waals surface area contributed by atoms with Crippen LogP contribution in [0.4, 0.5) is 0 Å². The first kappa shape index (κ1) is 16.9. The minimum Gasteiger partial charge on any atom is -0.496 e. The Bertz CT molecular complexity index is 613. The van der Waals surface area contributed by atoms with Crippen LogP contribution in [0.5, 0.6) is 11.5 Å². The lowest BCUT2D eigenvalue weighted by Crippen LogP contribution is -2.27. The maximum absolute atomic E-state index is 12.0. The van der Waals surface area contributed by atoms with Crippen molar-refractivity contribution in [2.45, 2.75) is 25.8 Å². The SMILES string of the molecule is COc1ccccc1[C@H](C)NC(=O)CCCOc1ccccc1. The summed E-state index contributed by atoms with van der Waals surface area (Å²) >= 11 is 0. The summed E-state index contributed by atoms with van der Waals surface area (Å²) in [7, 11) is 1.63. The number of rotatable bonds is 8. The number of hydrogen-bond donors (Lipinski definition) is 1. The third kappa shape index (κ3) is 5.33. The molecule has 2 aromatic rings. The van der Waals surface area contributed by atoms with Gasteiger partial charge in [-0.15, -0.1) is 0 Å². The molecule has 0 aromatic heterocycles. The van der Waals surface area contributed by atoms with Gasteiger partial charge in [0.05, 0.1) is 19.8 Å². The molecule has 122 valence electrons. The molecule has 0 aliphatic rings. The standard InChI is InChI=1S/C19H23NO3/c1-15(17-11-6-7-12-18(17)22-2)20-19(21)13-8-14-23-16-9-4-3-5-10-16/h3-7,9-12,15H,8,13-14H2,1-2H3,(H,20,21)/t15-/m0/s1. The van der Waals surface area contributed by atoms with E-state index in [1.54, 1.807) is 7.11 Å². The van der Waals surface area contributed by atoms with Crippen LogP contribution in [0.15, 0.2) is 54.6 Å². The van der Waals surface area contributed by atoms with Crippen LogP contribution >= 0.6 is 0 Å². The molecule has 1 amide bonds. The van der Waals surface area contributed by atoms with E-state index >= 15 is 0 Å². The molecule has 2 aromatic carbocycles. The molecule has 0 heterocycles. The quantitative estimate of drug-likeness (QED) is 0.755. The van der Waals surface area contributed by atoms with E-state index in [2.05, 4.69) is 5.32 Å². The van der Waals surface area contributed by atoms with Gasteiger partial charge in [-0.3, -0.25) is 4.79 Å². The number of carbonyl (C=O) groups excluding carboxylic acids is 1. The van der Waals surface area contributed by atoms with Crippen molar-refractivity contribution < 1.29 is 14.3 Å². The Morgan fingerprint density at radius 3 is 2.52 bits per heavy atom. The molecular weight excluding hydrogens is 290 g/mol. The van der Waals surface area contributed by atoms with E-state index in [0.29, 0.717) is 19.4 Å². The number of hydrogen-bond acceptors (Lipinski definition) is 3. The molecule has 0 radical (unpaired) electrons. The summed E-state index contributed by atoms with van der Waals surface area (Å²) < 4.78 is 10.9. The average molecular weight is 313 g/mol. The Morgan fingerprint density at radius 1 is 1.09 bits per heavy atom. The van der Waals surface area contributed by atoms with Crippen LogP contribution < -0.4 is 14.8 Å². The maximum atomic E-state index is 12.0. The lowest BCUT2D eigenvalue weighted by Gasteiger charge is -2.17. The molecule has 0 aliphatic heterocycles. The van der Waals surface area contributed by atoms with E-state index < -0.39 is 0 Å². The summed E-state index contributed by atoms with van der Waals surface area (Å²) in [5, 5.41) is 3.00. The van der Waals surface area contributed by atoms with Crippen molar-refractivity contribution >= 4 is 5.91 Å². The molecule has 0 spiro atoms. The first-order valence-corrected chi connectivity index (χ1v) is 7.81. The van der Waals surface area contributed by atoms with Gasteiger partial charge >= 0.3 is 0 Å². The van der Waals surface area contributed by atoms with Crippen LogP contribution in [0.1, 0.15) is 31.4 Å². The van der Waals surface area contributed by atoms with Gasteiger partial charge in [-0.05, 0) is 31.5 Å². The fourth-order valence-electron chi connectivity index (χ4n) is 2.36. The normalized spacial score (nSPS) is 11.6. The van der Waals surface area contributed by atoms with E-state index in [1.807, 2.05) is 61.5 Å². The summed E-state index contributed by atoms with van der Waals surface area (Å²) in [6.45, 7) is 2.48. The van der Waals surface area contributed by atoms with E-state index in [-0.39, 0.29) is 11.9 Å². The second-order valence-corrected chi connectivity index (χ2v) is 5.30. The second-order valence-electron chi connectivity index (χ2n) is 5.30. The van der Waals surface area contributed by atoms with Gasteiger partial charge in [-0.1, -0.05) is 36.4 Å². The van der Waals surface area contributed by atoms with Gasteiger partial charge in [-0.2, -0.15) is 0 Å². The summed E-state index contributed by atoms with van der Waals surface area (Å²) in [6, 6.07) is 17.2. The van der Waals surface area contributed by atoms with Gasteiger partial charge in [0.1, 0.15) is 11.5 Å². The summed E-state index contributed by atoms with van der Waals surface area (Å²) in [5.74, 6) is 1.63. The Hall–Kier alpha value is -2.49. The third-order valence-electron chi connectivity index (χ3n) is 3.54. The van der Waals surface area contributed by atoms with Crippen LogP contribution in [0, 0.1) is 0 Å². The molecule has 23 heavy (non-hydrogen) atoms. The van der Waals surface area contributed by atoms with Gasteiger partial charge < -0.3 is 14.8 Å². The molecule has 0 saturated carbocycles. The average Bonchev–Trinajstić information content (AvgIpc) is 2.59. The minimum atomic E-state index is -0.0892. The number of methoxy groups -OCH3 is 1. The van der Waals surface area contributed by atoms with Crippen LogP contribution in [0.25, 0.3) is 0 Å². The van der Waals surface area contributed by atoms with E-state index in [1.165, 1.54) is 0 Å². The molecule has 4 heteroatoms. The number of nitrogens with one attached hydrogen (secondary N) is 1. The van der Waals surface area contributed by atoms with Gasteiger partial charge in [0.2, 0.25) is 5.91 Å². The van der Waals surface area contributed by atoms with Gasteiger partial charge in [0.15, 0.2) is 0 Å². The molecule has 0 aliphatic carbocycles. The second kappa shape index (κ2) is 8.83. The lowest BCUT2D eigenvalue weighted by atomic mass is 10.1. The molecule has 1 atom stereocenters. The lowest BCUT2D eigenvalue weighted by molar-refractivity contribution is -0.121. The van der Waals surface area contributed by atoms with Gasteiger partial charge in [0.25, 0.3) is 0 Å². The van der Waals surface area contributed by atoms with E-state index in [9.17, 15) is 4.79 Å². The number of carbonyl (C=O) groups is 1. The number of amides is 1. The topological polar surface area (TPSA) is 47.6 Å². The Kier molecular flexibility index (Phi) is 6.48. The molecule has 1 N–H and O–H groups in total. The Morgan fingerprint density at radius 2 is 1.78 bits per heavy atom. The van der Waals surface area contributed by atoms with E-state index in [4.69, 9.17) is 9.47 Å². The fourth-order valence-corrected chi connectivity index (χ4v) is 2.36. The third-order valence-corrected chi connectivity index (χ3v) is 3.54. The predicted octanol–water partition coefficient (Wildman–Crippen LogP) is 3.73. The smallest absolute Gasteiger partial charge is 0.220 e. The van der Waals surface area contributed by atoms with Crippen molar-refractivity contribution in [2.75, 3.05) is 13.7 Å². The van der Waals surface area contributed by atoms with Crippen molar-refractivity contribution in [2.24, 2.45) is 0 Å². The fraction of sp³-hybridized carbons (Fsp3) is 0.316. The van der Waals surface area contributed by atoms with Crippen LogP contribution in [0.2, 0.25) is 0 Å². The molecule has 0 unspecified atom stereocenters. The van der Waals surface area contributed by atoms with Crippen molar-refractivity contribution in [1.82, 2.24) is 5.32 Å². The minimum absolute atomic E-state index is 0.0140. The van der Waals surface area contributed by atoms with Crippen LogP contribution in [-0.4, -0.2) is 19.6 Å². The zero-order chi connectivity index (χ0) is 16.5. The first-order chi connectivity index (χ1) is 11.2. The zero-order valence-corrected chi connectivity index (χ0v) is 13.6. The zero-order valence-electron chi connectivity index (χ0n) is 13.6. The number of para-hydroxylation sites is 2. The Balaban J connectivity index is 1.74. The predicted molar refractivity (Wildman–Crippen MR) is 90.7 cm³/mol. The number of benzene rings is 2. The highest BCUT2D eigenvalue weighted by Gasteiger charge is 2.13. The largest absolute Gasteiger partial charge is 0.496 e. The molecule has 4 nitrogen and oxygen atoms in total. The number of ether oxygens (including phenoxy) is 2. The van der Waals surface area contributed by atoms with Crippen molar-refractivity contribution in [1.29, 1.82) is 0 Å². The molecule has 2 rings (SSSR count). The van der Waals surface area contributed by atoms with Gasteiger partial charge in [-0.25, -0.2) is 0 Å². The summed E-state index contributed by atoms with van der Waals surface area (Å²) in [6.07, 6.45) is 1.12. The highest BCUT2D eigenvalue weighted by Crippen LogP contribution is 2.24. The summed E-state index contributed by atoms with van der Waals surface area (Å²) in [4.78, 5) is 12.0. The van der Waals surface area contributed by atoms with Crippen LogP contribution in [-0.2, 0) is 4.79 Å². The van der Waals surface area contributed by atoms with Crippen molar-refractivity contribution in [3.8, 4) is 11.5 Å². The first-order valence-electron chi connectivity index (χ1n) is 7.81. The maximum Gasteiger partial charge on any atom is 0.220 e. The highest BCUT2D eigenvalue weighted by molar-refractivity contribution is 5.76. The molecule has 0 bridgehead atoms. The van der Waals surface area contributed by atoms with Crippen molar-refractivity contribution in [3.05, 3.63) is 60.2 Å². The monoisotopic (exact) mass is 313 g/mol. The van der Waals surface area contributed by atoms with Gasteiger partial charge in [0, 0.05) is 12.0 Å². The highest BCUT2D eigenvalue weighted by atomic mass is 16.5. The molecular formula is C19H23NO3. The molecule has 0 fully saturated rings. The Labute approximate surface area is 137 Å². The van der Waals surface area contributed by atoms with Crippen LogP contribution in [0.3, 0.4) is 0 Å². The summed E-state index contributed by atoms with van der Waals surface area (Å²) in [5.41, 5.74) is 0.976. The van der Waals surface area contributed by atoms with Crippen molar-refractivity contribution in [3.63, 3.8) is 0 Å². The molecule has 0 saturated heterocycles.